The van der Waals surface area contributed by atoms with Gasteiger partial charge in [0.05, 0.1) is 0 Å². The van der Waals surface area contributed by atoms with E-state index in [1.807, 2.05) is 0 Å². The van der Waals surface area contributed by atoms with Crippen LogP contribution >= 0.6 is 15.9 Å². The molecule has 0 radical (unpaired) electrons. The quantitative estimate of drug-likeness (QED) is 0.855. The molecule has 0 saturated heterocycles. The first-order valence-corrected chi connectivity index (χ1v) is 7.18. The second-order valence-electron chi connectivity index (χ2n) is 4.40. The van der Waals surface area contributed by atoms with Crippen molar-refractivity contribution in [3.63, 3.8) is 0 Å². The fraction of sp³-hybridized carbons (Fsp3) is 0.286. The van der Waals surface area contributed by atoms with Crippen molar-refractivity contribution in [1.82, 2.24) is 9.97 Å². The molecular formula is C14H16BrFN4. The number of benzene rings is 1. The van der Waals surface area contributed by atoms with E-state index in [0.717, 1.165) is 28.9 Å². The Hall–Kier alpha value is -1.69. The molecular weight excluding hydrogens is 323 g/mol. The Bertz CT molecular complexity index is 604. The van der Waals surface area contributed by atoms with E-state index in [1.54, 1.807) is 19.1 Å². The molecule has 2 rings (SSSR count). The maximum atomic E-state index is 13.2. The standard InChI is InChI=1S/C14H16BrFN4/c1-3-6-17-13-12(15)14(19-8-18-13)20-10-4-5-11(16)9(2)7-10/h4-5,7-8H,3,6H2,1-2H3,(H2,17,18,19,20). The molecule has 0 aliphatic rings. The number of nitrogens with zero attached hydrogens (tertiary/aromatic N) is 2. The first-order chi connectivity index (χ1) is 9.61. The van der Waals surface area contributed by atoms with Gasteiger partial charge in [-0.05, 0) is 53.0 Å². The Labute approximate surface area is 126 Å². The second kappa shape index (κ2) is 6.65. The van der Waals surface area contributed by atoms with Gasteiger partial charge in [0.15, 0.2) is 0 Å². The van der Waals surface area contributed by atoms with Crippen molar-refractivity contribution < 1.29 is 4.39 Å². The molecule has 1 aromatic carbocycles. The minimum Gasteiger partial charge on any atom is -0.369 e. The minimum atomic E-state index is -0.220. The minimum absolute atomic E-state index is 0.220. The average molecular weight is 339 g/mol. The molecule has 20 heavy (non-hydrogen) atoms. The number of aryl methyl sites for hydroxylation is 1. The fourth-order valence-corrected chi connectivity index (χ4v) is 2.13. The monoisotopic (exact) mass is 338 g/mol. The van der Waals surface area contributed by atoms with Gasteiger partial charge in [0.25, 0.3) is 0 Å². The highest BCUT2D eigenvalue weighted by atomic mass is 79.9. The van der Waals surface area contributed by atoms with E-state index in [2.05, 4.69) is 43.5 Å². The van der Waals surface area contributed by atoms with Crippen LogP contribution in [-0.2, 0) is 0 Å². The number of rotatable bonds is 5. The van der Waals surface area contributed by atoms with E-state index in [-0.39, 0.29) is 5.82 Å². The Balaban J connectivity index is 2.22. The lowest BCUT2D eigenvalue weighted by atomic mass is 10.2. The van der Waals surface area contributed by atoms with Crippen LogP contribution in [0.1, 0.15) is 18.9 Å². The van der Waals surface area contributed by atoms with Gasteiger partial charge in [-0.15, -0.1) is 0 Å². The van der Waals surface area contributed by atoms with Crippen LogP contribution in [0.2, 0.25) is 0 Å². The highest BCUT2D eigenvalue weighted by Crippen LogP contribution is 2.29. The zero-order chi connectivity index (χ0) is 14.5. The smallest absolute Gasteiger partial charge is 0.150 e. The van der Waals surface area contributed by atoms with Crippen LogP contribution < -0.4 is 10.6 Å². The van der Waals surface area contributed by atoms with Crippen LogP contribution in [0.4, 0.5) is 21.7 Å². The Morgan fingerprint density at radius 1 is 1.25 bits per heavy atom. The number of halogens is 2. The maximum Gasteiger partial charge on any atom is 0.150 e. The molecule has 0 aliphatic heterocycles. The summed E-state index contributed by atoms with van der Waals surface area (Å²) in [4.78, 5) is 8.37. The summed E-state index contributed by atoms with van der Waals surface area (Å²) < 4.78 is 14.0. The van der Waals surface area contributed by atoms with Crippen LogP contribution in [0.3, 0.4) is 0 Å². The normalized spacial score (nSPS) is 10.4. The summed E-state index contributed by atoms with van der Waals surface area (Å²) >= 11 is 3.48. The lowest BCUT2D eigenvalue weighted by Crippen LogP contribution is -2.05. The lowest BCUT2D eigenvalue weighted by molar-refractivity contribution is 0.619. The van der Waals surface area contributed by atoms with Crippen molar-refractivity contribution in [2.75, 3.05) is 17.2 Å². The molecule has 106 valence electrons. The molecule has 0 saturated carbocycles. The third-order valence-electron chi connectivity index (χ3n) is 2.75. The van der Waals surface area contributed by atoms with Gasteiger partial charge in [-0.3, -0.25) is 0 Å². The Kier molecular flexibility index (Phi) is 4.89. The summed E-state index contributed by atoms with van der Waals surface area (Å²) in [6, 6.07) is 4.85. The summed E-state index contributed by atoms with van der Waals surface area (Å²) in [7, 11) is 0. The van der Waals surface area contributed by atoms with E-state index in [4.69, 9.17) is 0 Å². The van der Waals surface area contributed by atoms with E-state index < -0.39 is 0 Å². The van der Waals surface area contributed by atoms with Crippen LogP contribution in [0.15, 0.2) is 29.0 Å². The third-order valence-corrected chi connectivity index (χ3v) is 3.50. The van der Waals surface area contributed by atoms with Crippen LogP contribution in [-0.4, -0.2) is 16.5 Å². The SMILES string of the molecule is CCCNc1ncnc(Nc2ccc(F)c(C)c2)c1Br. The molecule has 0 atom stereocenters. The molecule has 0 spiro atoms. The Morgan fingerprint density at radius 2 is 2.00 bits per heavy atom. The topological polar surface area (TPSA) is 49.8 Å². The summed E-state index contributed by atoms with van der Waals surface area (Å²) in [5.74, 6) is 1.16. The number of hydrogen-bond donors (Lipinski definition) is 2. The first-order valence-electron chi connectivity index (χ1n) is 6.39. The van der Waals surface area contributed by atoms with Gasteiger partial charge < -0.3 is 10.6 Å². The third kappa shape index (κ3) is 3.45. The van der Waals surface area contributed by atoms with E-state index in [1.165, 1.54) is 12.4 Å². The van der Waals surface area contributed by atoms with Crippen LogP contribution in [0.25, 0.3) is 0 Å². The zero-order valence-corrected chi connectivity index (χ0v) is 13.0. The van der Waals surface area contributed by atoms with Crippen molar-refractivity contribution in [1.29, 1.82) is 0 Å². The molecule has 2 N–H and O–H groups in total. The van der Waals surface area contributed by atoms with Crippen molar-refractivity contribution in [2.45, 2.75) is 20.3 Å². The molecule has 4 nitrogen and oxygen atoms in total. The molecule has 0 unspecified atom stereocenters. The summed E-state index contributed by atoms with van der Waals surface area (Å²) in [6.45, 7) is 4.65. The second-order valence-corrected chi connectivity index (χ2v) is 5.19. The number of anilines is 3. The van der Waals surface area contributed by atoms with E-state index in [0.29, 0.717) is 11.4 Å². The van der Waals surface area contributed by atoms with Gasteiger partial charge in [0.1, 0.15) is 28.3 Å². The van der Waals surface area contributed by atoms with Gasteiger partial charge in [-0.1, -0.05) is 6.92 Å². The fourth-order valence-electron chi connectivity index (χ4n) is 1.68. The molecule has 2 aromatic rings. The molecule has 0 aliphatic carbocycles. The number of aromatic nitrogens is 2. The molecule has 0 bridgehead atoms. The van der Waals surface area contributed by atoms with Gasteiger partial charge >= 0.3 is 0 Å². The van der Waals surface area contributed by atoms with Gasteiger partial charge in [-0.25, -0.2) is 14.4 Å². The summed E-state index contributed by atoms with van der Waals surface area (Å²) in [5.41, 5.74) is 1.37. The van der Waals surface area contributed by atoms with Gasteiger partial charge in [0, 0.05) is 12.2 Å². The van der Waals surface area contributed by atoms with Crippen molar-refractivity contribution in [3.8, 4) is 0 Å². The highest BCUT2D eigenvalue weighted by molar-refractivity contribution is 9.10. The predicted molar refractivity (Wildman–Crippen MR) is 82.9 cm³/mol. The molecule has 6 heteroatoms. The van der Waals surface area contributed by atoms with Crippen molar-refractivity contribution >= 4 is 33.3 Å². The number of nitrogens with one attached hydrogen (secondary N) is 2. The van der Waals surface area contributed by atoms with Crippen LogP contribution in [0, 0.1) is 12.7 Å². The highest BCUT2D eigenvalue weighted by Gasteiger charge is 2.09. The molecule has 1 aromatic heterocycles. The first kappa shape index (κ1) is 14.7. The molecule has 0 fully saturated rings. The molecule has 0 amide bonds. The van der Waals surface area contributed by atoms with Crippen molar-refractivity contribution in [3.05, 3.63) is 40.4 Å². The van der Waals surface area contributed by atoms with Crippen LogP contribution in [0.5, 0.6) is 0 Å². The molecule has 1 heterocycles. The summed E-state index contributed by atoms with van der Waals surface area (Å²) in [5, 5.41) is 6.36. The van der Waals surface area contributed by atoms with Gasteiger partial charge in [-0.2, -0.15) is 0 Å². The number of hydrogen-bond acceptors (Lipinski definition) is 4. The van der Waals surface area contributed by atoms with Gasteiger partial charge in [0.2, 0.25) is 0 Å². The van der Waals surface area contributed by atoms with Crippen molar-refractivity contribution in [2.24, 2.45) is 0 Å². The predicted octanol–water partition coefficient (Wildman–Crippen LogP) is 4.25. The largest absolute Gasteiger partial charge is 0.369 e. The van der Waals surface area contributed by atoms with E-state index >= 15 is 0 Å². The summed E-state index contributed by atoms with van der Waals surface area (Å²) in [6.07, 6.45) is 2.50. The maximum absolute atomic E-state index is 13.2. The Morgan fingerprint density at radius 3 is 2.70 bits per heavy atom. The zero-order valence-electron chi connectivity index (χ0n) is 11.4. The average Bonchev–Trinajstić information content (AvgIpc) is 2.44. The van der Waals surface area contributed by atoms with E-state index in [9.17, 15) is 4.39 Å². The lowest BCUT2D eigenvalue weighted by Gasteiger charge is -2.11.